The van der Waals surface area contributed by atoms with Crippen LogP contribution in [0.2, 0.25) is 0 Å². The van der Waals surface area contributed by atoms with E-state index in [9.17, 15) is 9.59 Å². The summed E-state index contributed by atoms with van der Waals surface area (Å²) in [5.41, 5.74) is 7.12. The molecule has 0 spiro atoms. The van der Waals surface area contributed by atoms with E-state index in [0.717, 1.165) is 23.0 Å². The van der Waals surface area contributed by atoms with Crippen LogP contribution < -0.4 is 18.9 Å². The van der Waals surface area contributed by atoms with Gasteiger partial charge in [-0.1, -0.05) is 5.11 Å². The van der Waals surface area contributed by atoms with Gasteiger partial charge in [0.1, 0.15) is 73.8 Å². The van der Waals surface area contributed by atoms with E-state index in [1.54, 1.807) is 0 Å². The Hall–Kier alpha value is -4.87. The number of rotatable bonds is 67. The molecule has 30 heteroatoms. The molecule has 0 heterocycles. The lowest BCUT2D eigenvalue weighted by atomic mass is 10.2. The molecule has 0 bridgehead atoms. The predicted octanol–water partition coefficient (Wildman–Crippen LogP) is 5.17. The van der Waals surface area contributed by atoms with Gasteiger partial charge < -0.3 is 119 Å². The third-order valence-corrected chi connectivity index (χ3v) is 10.8. The normalized spacial score (nSPS) is 11.4. The van der Waals surface area contributed by atoms with Crippen molar-refractivity contribution in [2.75, 3.05) is 277 Å². The molecule has 0 radical (unpaired) electrons. The number of esters is 2. The first-order valence-corrected chi connectivity index (χ1v) is 32.0. The number of hydrogen-bond donors (Lipinski definition) is 1. The molecule has 0 saturated heterocycles. The number of aliphatic hydroxyl groups excluding tert-OH is 1. The molecule has 0 unspecified atom stereocenters. The largest absolute Gasteiger partial charge is 0.491 e. The average molecular weight is 1350 g/mol. The molecule has 30 nitrogen and oxygen atoms in total. The van der Waals surface area contributed by atoms with Crippen LogP contribution in [0.15, 0.2) is 53.6 Å². The minimum Gasteiger partial charge on any atom is -0.491 e. The molecule has 0 atom stereocenters. The van der Waals surface area contributed by atoms with E-state index in [1.807, 2.05) is 90.1 Å². The summed E-state index contributed by atoms with van der Waals surface area (Å²) in [6.45, 7) is 27.8. The van der Waals surface area contributed by atoms with Crippen LogP contribution in [0.4, 0.5) is 0 Å². The summed E-state index contributed by atoms with van der Waals surface area (Å²) in [5, 5.41) is 12.0. The van der Waals surface area contributed by atoms with Crippen molar-refractivity contribution in [1.29, 1.82) is 0 Å². The van der Waals surface area contributed by atoms with Crippen LogP contribution in [0.1, 0.15) is 41.5 Å². The van der Waals surface area contributed by atoms with Gasteiger partial charge in [0.2, 0.25) is 0 Å². The van der Waals surface area contributed by atoms with Crippen LogP contribution in [0.3, 0.4) is 0 Å². The molecule has 1 N–H and O–H groups in total. The van der Waals surface area contributed by atoms with Crippen molar-refractivity contribution in [2.45, 2.75) is 52.7 Å². The maximum absolute atomic E-state index is 11.5. The molecule has 0 aliphatic carbocycles. The summed E-state index contributed by atoms with van der Waals surface area (Å²) in [6, 6.07) is 14.8. The first-order valence-electron chi connectivity index (χ1n) is 32.0. The Bertz CT molecular complexity index is 2020. The van der Waals surface area contributed by atoms with Crippen molar-refractivity contribution >= 4 is 11.9 Å². The highest BCUT2D eigenvalue weighted by Gasteiger charge is 2.17. The molecule has 0 aliphatic rings. The van der Waals surface area contributed by atoms with Crippen molar-refractivity contribution in [3.8, 4) is 23.0 Å². The zero-order chi connectivity index (χ0) is 68.2. The van der Waals surface area contributed by atoms with E-state index in [2.05, 4.69) is 10.0 Å². The molecular weight excluding hydrogens is 1240 g/mol. The number of ether oxygens (including phenoxy) is 24. The van der Waals surface area contributed by atoms with E-state index in [-0.39, 0.29) is 19.8 Å². The minimum atomic E-state index is -0.517. The summed E-state index contributed by atoms with van der Waals surface area (Å²) in [4.78, 5) is 25.7. The highest BCUT2D eigenvalue weighted by molar-refractivity contribution is 5.71. The maximum Gasteiger partial charge on any atom is 0.332 e. The van der Waals surface area contributed by atoms with E-state index in [1.165, 1.54) is 0 Å². The van der Waals surface area contributed by atoms with E-state index in [4.69, 9.17) is 124 Å². The second-order valence-electron chi connectivity index (χ2n) is 21.1. The molecule has 0 amide bonds. The number of nitrogens with zero attached hydrogens (tertiary/aromatic N) is 3. The molecule has 0 fully saturated rings. The van der Waals surface area contributed by atoms with Crippen LogP contribution in [0, 0.1) is 0 Å². The lowest BCUT2D eigenvalue weighted by Gasteiger charge is -2.19. The number of carbonyl (C=O) groups excluding carboxylic acids is 2. The fraction of sp³-hybridized carbons (Fsp3) is 0.781. The molecule has 544 valence electrons. The quantitative estimate of drug-likeness (QED) is 0.0293. The van der Waals surface area contributed by atoms with Gasteiger partial charge in [0, 0.05) is 11.5 Å². The second-order valence-corrected chi connectivity index (χ2v) is 21.1. The maximum atomic E-state index is 11.5. The number of azide groups is 1. The zero-order valence-electron chi connectivity index (χ0n) is 56.7. The number of carbonyl (C=O) groups is 2. The lowest BCUT2D eigenvalue weighted by Crippen LogP contribution is -2.27. The van der Waals surface area contributed by atoms with Crippen LogP contribution in [0.25, 0.3) is 10.4 Å². The Morgan fingerprint density at radius 1 is 0.309 bits per heavy atom. The van der Waals surface area contributed by atoms with Crippen molar-refractivity contribution in [1.82, 2.24) is 0 Å². The molecule has 2 rings (SSSR count). The lowest BCUT2D eigenvalue weighted by molar-refractivity contribution is -0.161. The van der Waals surface area contributed by atoms with Gasteiger partial charge in [-0.3, -0.25) is 0 Å². The van der Waals surface area contributed by atoms with Gasteiger partial charge in [-0.15, -0.1) is 0 Å². The molecule has 0 aromatic heterocycles. The summed E-state index contributed by atoms with van der Waals surface area (Å²) in [7, 11) is 0. The Balaban J connectivity index is 0.000000941. The monoisotopic (exact) mass is 1350 g/mol. The third-order valence-electron chi connectivity index (χ3n) is 10.8. The van der Waals surface area contributed by atoms with Crippen molar-refractivity contribution in [3.05, 3.63) is 59.0 Å². The van der Waals surface area contributed by atoms with Crippen molar-refractivity contribution in [2.24, 2.45) is 5.11 Å². The van der Waals surface area contributed by atoms with Gasteiger partial charge in [0.15, 0.2) is 0 Å². The smallest absolute Gasteiger partial charge is 0.332 e. The Morgan fingerprint density at radius 3 is 0.681 bits per heavy atom. The summed E-state index contributed by atoms with van der Waals surface area (Å²) < 4.78 is 130. The first-order chi connectivity index (χ1) is 45.8. The number of benzene rings is 2. The van der Waals surface area contributed by atoms with E-state index >= 15 is 0 Å². The zero-order valence-corrected chi connectivity index (χ0v) is 56.7. The Morgan fingerprint density at radius 2 is 0.489 bits per heavy atom. The standard InChI is InChI=1S/C32H55N3O13.C32H56O14/c1-32(2,3)48-31(36)28-45-23-22-42-17-16-39-14-15-41-19-21-44-25-27-47-30-6-4-29(5-7-30)46-26-24-43-20-18-40-13-12-38-11-10-37-9-8-34-35-33;1-32(2,3)46-31(34)28-43-23-22-40-17-16-37-14-15-39-19-21-42-25-27-45-30-6-4-29(5-7-30)44-26-24-41-20-18-38-13-12-36-11-10-35-9-8-33/h4-7H,8-28H2,1-3H3;4-7,33H,8-28H2,1-3H3. The van der Waals surface area contributed by atoms with Gasteiger partial charge in [-0.2, -0.15) is 0 Å². The SMILES string of the molecule is CC(C)(C)OC(=O)COCCOCCOCCOCCOCCOc1ccc(OCCOCCOCCOCCOCCN=[N+]=[N-])cc1.CC(C)(C)OC(=O)COCCOCCOCCOCCOCCOc1ccc(OCCOCCOCCOCCOCCO)cc1. The fourth-order valence-electron chi connectivity index (χ4n) is 6.69. The summed E-state index contributed by atoms with van der Waals surface area (Å²) in [5.74, 6) is 2.14. The van der Waals surface area contributed by atoms with Gasteiger partial charge in [-0.05, 0) is 95.6 Å². The topological polar surface area (TPSA) is 325 Å². The third kappa shape index (κ3) is 65.8. The Labute approximate surface area is 555 Å². The highest BCUT2D eigenvalue weighted by Crippen LogP contribution is 2.19. The van der Waals surface area contributed by atoms with Crippen LogP contribution in [0.5, 0.6) is 23.0 Å². The fourth-order valence-corrected chi connectivity index (χ4v) is 6.69. The van der Waals surface area contributed by atoms with Crippen molar-refractivity contribution < 1.29 is 128 Å². The highest BCUT2D eigenvalue weighted by atomic mass is 16.6. The van der Waals surface area contributed by atoms with Gasteiger partial charge >= 0.3 is 11.9 Å². The molecule has 0 aliphatic heterocycles. The van der Waals surface area contributed by atoms with Gasteiger partial charge in [-0.25, -0.2) is 9.59 Å². The molecule has 0 saturated carbocycles. The van der Waals surface area contributed by atoms with Gasteiger partial charge in [0.05, 0.1) is 231 Å². The number of aliphatic hydroxyl groups is 1. The summed E-state index contributed by atoms with van der Waals surface area (Å²) >= 11 is 0. The summed E-state index contributed by atoms with van der Waals surface area (Å²) in [6.07, 6.45) is 0. The van der Waals surface area contributed by atoms with Crippen LogP contribution in [-0.2, 0) is 104 Å². The molecule has 94 heavy (non-hydrogen) atoms. The number of hydrogen-bond acceptors (Lipinski definition) is 28. The van der Waals surface area contributed by atoms with Crippen LogP contribution >= 0.6 is 0 Å². The molecule has 2 aromatic rings. The molecular formula is C64H111N3O27. The van der Waals surface area contributed by atoms with Gasteiger partial charge in [0.25, 0.3) is 0 Å². The first kappa shape index (κ1) is 87.1. The van der Waals surface area contributed by atoms with E-state index in [0.29, 0.717) is 258 Å². The average Bonchev–Trinajstić information content (AvgIpc) is 1.79. The minimum absolute atomic E-state index is 0.0183. The predicted molar refractivity (Wildman–Crippen MR) is 342 cm³/mol. The van der Waals surface area contributed by atoms with Crippen LogP contribution in [-0.4, -0.2) is 306 Å². The molecule has 2 aromatic carbocycles. The van der Waals surface area contributed by atoms with Crippen molar-refractivity contribution in [3.63, 3.8) is 0 Å². The Kier molecular flexibility index (Phi) is 60.6. The second kappa shape index (κ2) is 65.4. The van der Waals surface area contributed by atoms with E-state index < -0.39 is 23.1 Å².